The molecule has 1 amide bonds. The van der Waals surface area contributed by atoms with Crippen LogP contribution < -0.4 is 10.1 Å². The van der Waals surface area contributed by atoms with Crippen LogP contribution in [0, 0.1) is 5.92 Å². The summed E-state index contributed by atoms with van der Waals surface area (Å²) >= 11 is 0. The Morgan fingerprint density at radius 2 is 1.88 bits per heavy atom. The Morgan fingerprint density at radius 1 is 1.12 bits per heavy atom. The van der Waals surface area contributed by atoms with Crippen LogP contribution in [0.15, 0.2) is 64.7 Å². The quantitative estimate of drug-likeness (QED) is 0.732. The summed E-state index contributed by atoms with van der Waals surface area (Å²) in [5.74, 6) is 0.616. The lowest BCUT2D eigenvalue weighted by Gasteiger charge is -2.28. The second-order valence-electron chi connectivity index (χ2n) is 8.72. The predicted octanol–water partition coefficient (Wildman–Crippen LogP) is 2.89. The number of carbonyl (C=O) groups is 1. The lowest BCUT2D eigenvalue weighted by atomic mass is 9.92. The van der Waals surface area contributed by atoms with E-state index in [2.05, 4.69) is 11.4 Å². The highest BCUT2D eigenvalue weighted by Gasteiger charge is 2.40. The predicted molar refractivity (Wildman–Crippen MR) is 127 cm³/mol. The lowest BCUT2D eigenvalue weighted by Crippen LogP contribution is -2.47. The molecule has 0 saturated carbocycles. The number of ether oxygens (including phenoxy) is 1. The summed E-state index contributed by atoms with van der Waals surface area (Å²) in [5.41, 5.74) is 1.82. The van der Waals surface area contributed by atoms with Crippen molar-refractivity contribution in [3.8, 4) is 5.75 Å². The van der Waals surface area contributed by atoms with Crippen LogP contribution in [0.4, 0.5) is 0 Å². The van der Waals surface area contributed by atoms with Crippen LogP contribution in [-0.2, 0) is 14.8 Å². The maximum absolute atomic E-state index is 14.0. The van der Waals surface area contributed by atoms with E-state index in [-0.39, 0.29) is 16.7 Å². The van der Waals surface area contributed by atoms with Crippen molar-refractivity contribution >= 4 is 26.7 Å². The van der Waals surface area contributed by atoms with E-state index in [1.807, 2.05) is 35.2 Å². The summed E-state index contributed by atoms with van der Waals surface area (Å²) in [6, 6.07) is 10.8. The van der Waals surface area contributed by atoms with E-state index in [9.17, 15) is 13.2 Å². The Kier molecular flexibility index (Phi) is 5.88. The molecule has 8 heteroatoms. The number of methoxy groups -OCH3 is 1. The molecule has 7 nitrogen and oxygen atoms in total. The highest BCUT2D eigenvalue weighted by Crippen LogP contribution is 2.42. The van der Waals surface area contributed by atoms with E-state index in [0.717, 1.165) is 36.2 Å². The molecule has 1 saturated heterocycles. The normalized spacial score (nSPS) is 20.9. The number of piperazine rings is 1. The van der Waals surface area contributed by atoms with Crippen molar-refractivity contribution in [2.75, 3.05) is 39.8 Å². The van der Waals surface area contributed by atoms with Gasteiger partial charge in [-0.3, -0.25) is 9.10 Å². The zero-order valence-electron chi connectivity index (χ0n) is 18.8. The molecule has 0 radical (unpaired) electrons. The van der Waals surface area contributed by atoms with Crippen molar-refractivity contribution in [3.63, 3.8) is 0 Å². The lowest BCUT2D eigenvalue weighted by molar-refractivity contribution is -0.132. The molecule has 1 aliphatic carbocycles. The maximum Gasteiger partial charge on any atom is 0.264 e. The summed E-state index contributed by atoms with van der Waals surface area (Å²) in [7, 11) is -2.22. The van der Waals surface area contributed by atoms with Crippen LogP contribution in [0.5, 0.6) is 5.75 Å². The first-order valence-electron chi connectivity index (χ1n) is 11.5. The molecular weight excluding hydrogens is 438 g/mol. The first kappa shape index (κ1) is 22.0. The molecule has 2 aromatic carbocycles. The van der Waals surface area contributed by atoms with Crippen LogP contribution in [0.1, 0.15) is 19.3 Å². The van der Waals surface area contributed by atoms with E-state index in [1.165, 1.54) is 0 Å². The molecule has 2 aliphatic heterocycles. The molecule has 1 N–H and O–H groups in total. The van der Waals surface area contributed by atoms with Gasteiger partial charge in [0.05, 0.1) is 12.0 Å². The van der Waals surface area contributed by atoms with Crippen LogP contribution in [0.3, 0.4) is 0 Å². The van der Waals surface area contributed by atoms with Gasteiger partial charge in [-0.15, -0.1) is 0 Å². The van der Waals surface area contributed by atoms with E-state index in [4.69, 9.17) is 4.74 Å². The average Bonchev–Trinajstić information content (AvgIpc) is 3.23. The van der Waals surface area contributed by atoms with Crippen molar-refractivity contribution < 1.29 is 17.9 Å². The smallest absolute Gasteiger partial charge is 0.264 e. The maximum atomic E-state index is 14.0. The third kappa shape index (κ3) is 3.91. The fraction of sp³-hybridized carbons (Fsp3) is 0.400. The largest absolute Gasteiger partial charge is 0.496 e. The van der Waals surface area contributed by atoms with Gasteiger partial charge in [-0.05, 0) is 30.5 Å². The van der Waals surface area contributed by atoms with Crippen molar-refractivity contribution in [1.82, 2.24) is 14.5 Å². The SMILES string of the molecule is COc1ccc(S(=O)(=O)N2CC(CC(=O)N3CCNCC3)C3=C2CCC=C3)c2ccccc12. The van der Waals surface area contributed by atoms with Crippen molar-refractivity contribution in [1.29, 1.82) is 0 Å². The molecule has 1 fully saturated rings. The number of fused-ring (bicyclic) bond motifs is 1. The number of benzene rings is 2. The molecule has 1 unspecified atom stereocenters. The zero-order valence-corrected chi connectivity index (χ0v) is 19.6. The molecule has 0 aromatic heterocycles. The minimum Gasteiger partial charge on any atom is -0.496 e. The molecule has 33 heavy (non-hydrogen) atoms. The molecular formula is C25H29N3O4S. The molecule has 5 rings (SSSR count). The Labute approximate surface area is 194 Å². The summed E-state index contributed by atoms with van der Waals surface area (Å²) in [6.45, 7) is 3.31. The van der Waals surface area contributed by atoms with Gasteiger partial charge in [0, 0.05) is 61.5 Å². The van der Waals surface area contributed by atoms with Crippen LogP contribution in [0.2, 0.25) is 0 Å². The zero-order chi connectivity index (χ0) is 23.0. The first-order chi connectivity index (χ1) is 16.0. The summed E-state index contributed by atoms with van der Waals surface area (Å²) in [4.78, 5) is 15.1. The number of carbonyl (C=O) groups excluding carboxylic acids is 1. The summed E-state index contributed by atoms with van der Waals surface area (Å²) in [5, 5.41) is 4.68. The van der Waals surface area contributed by atoms with Gasteiger partial charge in [0.15, 0.2) is 0 Å². The number of hydrogen-bond donors (Lipinski definition) is 1. The number of sulfonamides is 1. The Bertz CT molecular complexity index is 1250. The van der Waals surface area contributed by atoms with Crippen molar-refractivity contribution in [3.05, 3.63) is 59.8 Å². The van der Waals surface area contributed by atoms with E-state index >= 15 is 0 Å². The first-order valence-corrected chi connectivity index (χ1v) is 12.9. The van der Waals surface area contributed by atoms with Crippen LogP contribution >= 0.6 is 0 Å². The van der Waals surface area contributed by atoms with Gasteiger partial charge in [-0.25, -0.2) is 8.42 Å². The van der Waals surface area contributed by atoms with Gasteiger partial charge < -0.3 is 15.0 Å². The number of rotatable bonds is 5. The number of amides is 1. The van der Waals surface area contributed by atoms with E-state index < -0.39 is 10.0 Å². The second-order valence-corrected chi connectivity index (χ2v) is 10.6. The minimum atomic E-state index is -3.80. The van der Waals surface area contributed by atoms with E-state index in [1.54, 1.807) is 23.5 Å². The van der Waals surface area contributed by atoms with Crippen molar-refractivity contribution in [2.24, 2.45) is 5.92 Å². The highest BCUT2D eigenvalue weighted by atomic mass is 32.2. The number of nitrogens with zero attached hydrogens (tertiary/aromatic N) is 2. The van der Waals surface area contributed by atoms with Gasteiger partial charge in [0.25, 0.3) is 10.0 Å². The van der Waals surface area contributed by atoms with Gasteiger partial charge in [-0.2, -0.15) is 0 Å². The topological polar surface area (TPSA) is 79.0 Å². The third-order valence-corrected chi connectivity index (χ3v) is 8.69. The molecule has 2 heterocycles. The highest BCUT2D eigenvalue weighted by molar-refractivity contribution is 7.89. The Hall–Kier alpha value is -2.84. The van der Waals surface area contributed by atoms with Crippen LogP contribution in [-0.4, -0.2) is 63.4 Å². The second kappa shape index (κ2) is 8.83. The number of allylic oxidation sites excluding steroid dienone is 3. The Morgan fingerprint density at radius 3 is 2.64 bits per heavy atom. The van der Waals surface area contributed by atoms with Gasteiger partial charge in [0.2, 0.25) is 5.91 Å². The number of hydrogen-bond acceptors (Lipinski definition) is 5. The Balaban J connectivity index is 1.49. The fourth-order valence-electron chi connectivity index (χ4n) is 5.16. The molecule has 1 atom stereocenters. The molecule has 174 valence electrons. The molecule has 0 spiro atoms. The monoisotopic (exact) mass is 467 g/mol. The molecule has 2 aromatic rings. The minimum absolute atomic E-state index is 0.0986. The fourth-order valence-corrected chi connectivity index (χ4v) is 6.95. The van der Waals surface area contributed by atoms with Gasteiger partial charge in [0.1, 0.15) is 5.75 Å². The standard InChI is InChI=1S/C25H29N3O4S/c1-32-23-10-11-24(21-8-3-2-7-20(21)23)33(30,31)28-17-18(19-6-4-5-9-22(19)28)16-25(29)27-14-12-26-13-15-27/h2-4,6-8,10-11,18,26H,5,9,12-17H2,1H3. The summed E-state index contributed by atoms with van der Waals surface area (Å²) in [6.07, 6.45) is 5.90. The van der Waals surface area contributed by atoms with Crippen molar-refractivity contribution in [2.45, 2.75) is 24.2 Å². The third-order valence-electron chi connectivity index (χ3n) is 6.83. The molecule has 3 aliphatic rings. The van der Waals surface area contributed by atoms with Gasteiger partial charge in [-0.1, -0.05) is 36.4 Å². The van der Waals surface area contributed by atoms with Gasteiger partial charge >= 0.3 is 0 Å². The van der Waals surface area contributed by atoms with E-state index in [0.29, 0.717) is 43.6 Å². The average molecular weight is 468 g/mol. The number of nitrogens with one attached hydrogen (secondary N) is 1. The summed E-state index contributed by atoms with van der Waals surface area (Å²) < 4.78 is 34.9. The molecule has 0 bridgehead atoms. The van der Waals surface area contributed by atoms with Crippen LogP contribution in [0.25, 0.3) is 10.8 Å².